The SMILES string of the molecule is O=c1[nH]cc(S(=O)(=O)NCc2ccc(F)c(F)c2)cc1Cl. The Morgan fingerprint density at radius 1 is 1.19 bits per heavy atom. The Bertz CT molecular complexity index is 837. The predicted octanol–water partition coefficient (Wildman–Crippen LogP) is 1.78. The molecule has 0 bridgehead atoms. The Kier molecular flexibility index (Phi) is 4.40. The van der Waals surface area contributed by atoms with Gasteiger partial charge in [0.25, 0.3) is 5.56 Å². The van der Waals surface area contributed by atoms with Crippen molar-refractivity contribution >= 4 is 21.6 Å². The molecule has 0 saturated carbocycles. The first-order valence-corrected chi connectivity index (χ1v) is 7.47. The number of rotatable bonds is 4. The van der Waals surface area contributed by atoms with Crippen LogP contribution in [0.5, 0.6) is 0 Å². The highest BCUT2D eigenvalue weighted by molar-refractivity contribution is 7.89. The van der Waals surface area contributed by atoms with Gasteiger partial charge in [0.15, 0.2) is 11.6 Å². The maximum Gasteiger partial charge on any atom is 0.266 e. The van der Waals surface area contributed by atoms with Gasteiger partial charge in [-0.2, -0.15) is 0 Å². The third-order valence-corrected chi connectivity index (χ3v) is 4.25. The van der Waals surface area contributed by atoms with Gasteiger partial charge < -0.3 is 4.98 Å². The van der Waals surface area contributed by atoms with Crippen molar-refractivity contribution in [2.24, 2.45) is 0 Å². The van der Waals surface area contributed by atoms with Gasteiger partial charge in [0.1, 0.15) is 5.02 Å². The molecule has 21 heavy (non-hydrogen) atoms. The molecule has 0 radical (unpaired) electrons. The molecule has 0 unspecified atom stereocenters. The van der Waals surface area contributed by atoms with E-state index >= 15 is 0 Å². The molecular formula is C12H9ClF2N2O3S. The lowest BCUT2D eigenvalue weighted by molar-refractivity contribution is 0.506. The van der Waals surface area contributed by atoms with E-state index in [2.05, 4.69) is 9.71 Å². The van der Waals surface area contributed by atoms with Crippen molar-refractivity contribution in [1.29, 1.82) is 0 Å². The second-order valence-corrected chi connectivity index (χ2v) is 6.26. The van der Waals surface area contributed by atoms with Crippen LogP contribution >= 0.6 is 11.6 Å². The zero-order valence-corrected chi connectivity index (χ0v) is 11.9. The van der Waals surface area contributed by atoms with Crippen LogP contribution in [0.15, 0.2) is 40.2 Å². The van der Waals surface area contributed by atoms with Crippen molar-refractivity contribution in [1.82, 2.24) is 9.71 Å². The molecule has 0 aliphatic rings. The molecule has 0 aliphatic heterocycles. The van der Waals surface area contributed by atoms with Gasteiger partial charge in [-0.1, -0.05) is 17.7 Å². The zero-order valence-electron chi connectivity index (χ0n) is 10.4. The van der Waals surface area contributed by atoms with E-state index in [9.17, 15) is 22.0 Å². The molecule has 0 amide bonds. The average Bonchev–Trinajstić information content (AvgIpc) is 2.43. The summed E-state index contributed by atoms with van der Waals surface area (Å²) in [6.45, 7) is -0.240. The summed E-state index contributed by atoms with van der Waals surface area (Å²) in [6, 6.07) is 4.03. The lowest BCUT2D eigenvalue weighted by Crippen LogP contribution is -2.24. The quantitative estimate of drug-likeness (QED) is 0.894. The maximum absolute atomic E-state index is 13.0. The van der Waals surface area contributed by atoms with E-state index in [-0.39, 0.29) is 22.0 Å². The molecule has 0 saturated heterocycles. The van der Waals surface area contributed by atoms with Crippen LogP contribution in [-0.4, -0.2) is 13.4 Å². The van der Waals surface area contributed by atoms with Crippen LogP contribution in [0.1, 0.15) is 5.56 Å². The van der Waals surface area contributed by atoms with Crippen LogP contribution in [-0.2, 0) is 16.6 Å². The number of hydrogen-bond acceptors (Lipinski definition) is 3. The van der Waals surface area contributed by atoms with Crippen molar-refractivity contribution < 1.29 is 17.2 Å². The minimum absolute atomic E-state index is 0.240. The molecule has 2 aromatic rings. The van der Waals surface area contributed by atoms with Crippen LogP contribution in [0.2, 0.25) is 5.02 Å². The number of H-pyrrole nitrogens is 1. The normalized spacial score (nSPS) is 11.6. The second-order valence-electron chi connectivity index (χ2n) is 4.09. The van der Waals surface area contributed by atoms with Gasteiger partial charge in [0, 0.05) is 12.7 Å². The lowest BCUT2D eigenvalue weighted by atomic mass is 10.2. The zero-order chi connectivity index (χ0) is 15.6. The molecular weight excluding hydrogens is 326 g/mol. The second kappa shape index (κ2) is 5.92. The Morgan fingerprint density at radius 2 is 1.90 bits per heavy atom. The first kappa shape index (κ1) is 15.6. The van der Waals surface area contributed by atoms with Crippen LogP contribution in [0, 0.1) is 11.6 Å². The predicted molar refractivity (Wildman–Crippen MR) is 72.5 cm³/mol. The minimum atomic E-state index is -3.94. The van der Waals surface area contributed by atoms with Gasteiger partial charge in [-0.3, -0.25) is 4.79 Å². The van der Waals surface area contributed by atoms with Crippen molar-refractivity contribution in [2.45, 2.75) is 11.4 Å². The number of benzene rings is 1. The fraction of sp³-hybridized carbons (Fsp3) is 0.0833. The monoisotopic (exact) mass is 334 g/mol. The van der Waals surface area contributed by atoms with Crippen molar-refractivity contribution in [2.75, 3.05) is 0 Å². The number of aromatic nitrogens is 1. The van der Waals surface area contributed by atoms with Gasteiger partial charge in [-0.05, 0) is 23.8 Å². The van der Waals surface area contributed by atoms with E-state index < -0.39 is 27.2 Å². The summed E-state index contributed by atoms with van der Waals surface area (Å²) in [5, 5.41) is -0.272. The van der Waals surface area contributed by atoms with E-state index in [0.717, 1.165) is 24.4 Å². The van der Waals surface area contributed by atoms with Gasteiger partial charge in [0.05, 0.1) is 4.90 Å². The first-order chi connectivity index (χ1) is 9.79. The maximum atomic E-state index is 13.0. The van der Waals surface area contributed by atoms with E-state index in [4.69, 9.17) is 11.6 Å². The van der Waals surface area contributed by atoms with E-state index in [1.54, 1.807) is 0 Å². The summed E-state index contributed by atoms with van der Waals surface area (Å²) in [4.78, 5) is 13.0. The minimum Gasteiger partial charge on any atom is -0.326 e. The fourth-order valence-corrected chi connectivity index (χ4v) is 2.75. The first-order valence-electron chi connectivity index (χ1n) is 5.61. The Hall–Kier alpha value is -1.77. The van der Waals surface area contributed by atoms with Crippen molar-refractivity contribution in [3.05, 3.63) is 63.0 Å². The van der Waals surface area contributed by atoms with Crippen LogP contribution in [0.3, 0.4) is 0 Å². The molecule has 5 nitrogen and oxygen atoms in total. The highest BCUT2D eigenvalue weighted by Crippen LogP contribution is 2.12. The molecule has 0 fully saturated rings. The number of hydrogen-bond donors (Lipinski definition) is 2. The fourth-order valence-electron chi connectivity index (χ4n) is 1.50. The Balaban J connectivity index is 2.19. The van der Waals surface area contributed by atoms with Gasteiger partial charge in [-0.25, -0.2) is 21.9 Å². The number of aromatic amines is 1. The summed E-state index contributed by atoms with van der Waals surface area (Å²) in [5.41, 5.74) is -0.371. The summed E-state index contributed by atoms with van der Waals surface area (Å²) >= 11 is 5.55. The van der Waals surface area contributed by atoms with E-state index in [0.29, 0.717) is 0 Å². The smallest absolute Gasteiger partial charge is 0.266 e. The van der Waals surface area contributed by atoms with Crippen LogP contribution in [0.4, 0.5) is 8.78 Å². The molecule has 0 aliphatic carbocycles. The third kappa shape index (κ3) is 3.66. The van der Waals surface area contributed by atoms with Crippen molar-refractivity contribution in [3.63, 3.8) is 0 Å². The molecule has 1 aromatic heterocycles. The Labute approximate surface area is 123 Å². The summed E-state index contributed by atoms with van der Waals surface area (Å²) in [7, 11) is -3.94. The highest BCUT2D eigenvalue weighted by atomic mass is 35.5. The molecule has 2 rings (SSSR count). The molecule has 1 heterocycles. The molecule has 1 aromatic carbocycles. The molecule has 9 heteroatoms. The number of nitrogens with one attached hydrogen (secondary N) is 2. The topological polar surface area (TPSA) is 79.0 Å². The molecule has 2 N–H and O–H groups in total. The number of pyridine rings is 1. The summed E-state index contributed by atoms with van der Waals surface area (Å²) in [5.74, 6) is -2.09. The number of halogens is 3. The largest absolute Gasteiger partial charge is 0.326 e. The summed E-state index contributed by atoms with van der Waals surface area (Å²) in [6.07, 6.45) is 0.988. The third-order valence-electron chi connectivity index (χ3n) is 2.59. The standard InChI is InChI=1S/C12H9ClF2N2O3S/c13-9-4-8(6-16-12(9)18)21(19,20)17-5-7-1-2-10(14)11(15)3-7/h1-4,6,17H,5H2,(H,16,18). The van der Waals surface area contributed by atoms with Gasteiger partial charge in [0.2, 0.25) is 10.0 Å². The van der Waals surface area contributed by atoms with Crippen LogP contribution in [0.25, 0.3) is 0 Å². The van der Waals surface area contributed by atoms with E-state index in [1.165, 1.54) is 6.07 Å². The van der Waals surface area contributed by atoms with Crippen LogP contribution < -0.4 is 10.3 Å². The van der Waals surface area contributed by atoms with E-state index in [1.807, 2.05) is 0 Å². The highest BCUT2D eigenvalue weighted by Gasteiger charge is 2.15. The Morgan fingerprint density at radius 3 is 2.52 bits per heavy atom. The average molecular weight is 335 g/mol. The summed E-state index contributed by atoms with van der Waals surface area (Å²) < 4.78 is 51.9. The number of sulfonamides is 1. The lowest BCUT2D eigenvalue weighted by Gasteiger charge is -2.07. The van der Waals surface area contributed by atoms with Gasteiger partial charge in [-0.15, -0.1) is 0 Å². The van der Waals surface area contributed by atoms with Crippen molar-refractivity contribution in [3.8, 4) is 0 Å². The molecule has 0 spiro atoms. The molecule has 0 atom stereocenters. The molecule has 112 valence electrons. The van der Waals surface area contributed by atoms with Gasteiger partial charge >= 0.3 is 0 Å².